The van der Waals surface area contributed by atoms with Gasteiger partial charge < -0.3 is 15.2 Å². The number of primary amides is 1. The summed E-state index contributed by atoms with van der Waals surface area (Å²) in [4.78, 5) is 21.3. The van der Waals surface area contributed by atoms with Crippen LogP contribution in [-0.2, 0) is 6.42 Å². The molecule has 2 amide bonds. The number of carbonyl (C=O) groups excluding carboxylic acids is 1. The highest BCUT2D eigenvalue weighted by Gasteiger charge is 2.42. The molecule has 4 rings (SSSR count). The lowest BCUT2D eigenvalue weighted by molar-refractivity contribution is 0.160. The molecular weight excluding hydrogens is 354 g/mol. The molecule has 0 saturated carbocycles. The number of hydrogen-bond acceptors (Lipinski definition) is 5. The Balaban J connectivity index is 1.65. The lowest BCUT2D eigenvalue weighted by Crippen LogP contribution is -2.52. The van der Waals surface area contributed by atoms with Gasteiger partial charge >= 0.3 is 6.03 Å². The Hall–Kier alpha value is -2.41. The molecule has 2 aliphatic heterocycles. The summed E-state index contributed by atoms with van der Waals surface area (Å²) in [5.74, 6) is 1.15. The van der Waals surface area contributed by atoms with E-state index in [1.54, 1.807) is 4.90 Å². The first kappa shape index (κ1) is 18.9. The molecule has 150 valence electrons. The van der Waals surface area contributed by atoms with Gasteiger partial charge in [-0.1, -0.05) is 30.6 Å². The summed E-state index contributed by atoms with van der Waals surface area (Å²) in [6.45, 7) is 2.13. The number of aromatic nitrogens is 2. The van der Waals surface area contributed by atoms with Gasteiger partial charge in [0.1, 0.15) is 0 Å². The smallest absolute Gasteiger partial charge is 0.319 e. The van der Waals surface area contributed by atoms with Gasteiger partial charge in [0.2, 0.25) is 0 Å². The SMILES string of the molecule is CCCCc1noc(-c2ccccc2N(C(N)=O)[C@H]2C[C@H]3CC[C@@H](C2)N3C)n1. The zero-order valence-electron chi connectivity index (χ0n) is 16.7. The second-order valence-corrected chi connectivity index (χ2v) is 8.02. The third-order valence-corrected chi connectivity index (χ3v) is 6.29. The van der Waals surface area contributed by atoms with E-state index >= 15 is 0 Å². The Bertz CT molecular complexity index is 822. The quantitative estimate of drug-likeness (QED) is 0.823. The molecule has 0 unspecified atom stereocenters. The first-order chi connectivity index (χ1) is 13.6. The maximum atomic E-state index is 12.5. The van der Waals surface area contributed by atoms with Crippen molar-refractivity contribution in [3.63, 3.8) is 0 Å². The van der Waals surface area contributed by atoms with Crippen molar-refractivity contribution in [1.29, 1.82) is 0 Å². The predicted molar refractivity (Wildman–Crippen MR) is 108 cm³/mol. The lowest BCUT2D eigenvalue weighted by Gasteiger charge is -2.41. The van der Waals surface area contributed by atoms with Crippen LogP contribution < -0.4 is 10.6 Å². The molecule has 1 aromatic heterocycles. The van der Waals surface area contributed by atoms with E-state index in [1.165, 1.54) is 12.8 Å². The van der Waals surface area contributed by atoms with Crippen molar-refractivity contribution in [3.8, 4) is 11.5 Å². The van der Waals surface area contributed by atoms with E-state index in [0.717, 1.165) is 43.4 Å². The van der Waals surface area contributed by atoms with Crippen molar-refractivity contribution in [2.45, 2.75) is 70.0 Å². The first-order valence-electron chi connectivity index (χ1n) is 10.3. The summed E-state index contributed by atoms with van der Waals surface area (Å²) in [5, 5.41) is 4.10. The third-order valence-electron chi connectivity index (χ3n) is 6.29. The van der Waals surface area contributed by atoms with Gasteiger partial charge in [-0.05, 0) is 51.3 Å². The minimum atomic E-state index is -0.424. The molecule has 2 bridgehead atoms. The van der Waals surface area contributed by atoms with E-state index in [1.807, 2.05) is 24.3 Å². The van der Waals surface area contributed by atoms with Crippen LogP contribution in [0.15, 0.2) is 28.8 Å². The van der Waals surface area contributed by atoms with Crippen molar-refractivity contribution in [3.05, 3.63) is 30.1 Å². The molecule has 7 nitrogen and oxygen atoms in total. The van der Waals surface area contributed by atoms with Crippen LogP contribution in [0.3, 0.4) is 0 Å². The standard InChI is InChI=1S/C21H29N5O2/c1-3-4-9-19-23-20(28-24-19)17-7-5-6-8-18(17)26(21(22)27)16-12-14-10-11-15(13-16)25(14)2/h5-8,14-16H,3-4,9-13H2,1-2H3,(H2,22,27)/t14-,15+,16+. The van der Waals surface area contributed by atoms with Crippen LogP contribution in [0.1, 0.15) is 51.3 Å². The Labute approximate surface area is 165 Å². The summed E-state index contributed by atoms with van der Waals surface area (Å²) in [6.07, 6.45) is 7.15. The summed E-state index contributed by atoms with van der Waals surface area (Å²) >= 11 is 0. The maximum absolute atomic E-state index is 12.5. The second kappa shape index (κ2) is 7.91. The van der Waals surface area contributed by atoms with Crippen LogP contribution in [0.25, 0.3) is 11.5 Å². The van der Waals surface area contributed by atoms with Crippen LogP contribution in [0, 0.1) is 0 Å². The number of nitrogens with zero attached hydrogens (tertiary/aromatic N) is 4. The lowest BCUT2D eigenvalue weighted by atomic mass is 9.95. The molecule has 0 aliphatic carbocycles. The molecular formula is C21H29N5O2. The number of aryl methyl sites for hydroxylation is 1. The minimum absolute atomic E-state index is 0.0924. The van der Waals surface area contributed by atoms with Crippen molar-refractivity contribution < 1.29 is 9.32 Å². The largest absolute Gasteiger partial charge is 0.351 e. The number of piperidine rings is 1. The molecule has 1 aromatic carbocycles. The zero-order chi connectivity index (χ0) is 19.7. The number of nitrogens with two attached hydrogens (primary N) is 1. The number of fused-ring (bicyclic) bond motifs is 2. The summed E-state index contributed by atoms with van der Waals surface area (Å²) < 4.78 is 5.53. The average molecular weight is 383 g/mol. The van der Waals surface area contributed by atoms with Crippen LogP contribution in [0.5, 0.6) is 0 Å². The predicted octanol–water partition coefficient (Wildman–Crippen LogP) is 3.59. The van der Waals surface area contributed by atoms with Crippen LogP contribution in [0.2, 0.25) is 0 Å². The highest BCUT2D eigenvalue weighted by Crippen LogP contribution is 2.39. The van der Waals surface area contributed by atoms with Crippen LogP contribution >= 0.6 is 0 Å². The third kappa shape index (κ3) is 3.51. The molecule has 0 spiro atoms. The van der Waals surface area contributed by atoms with Crippen molar-refractivity contribution in [1.82, 2.24) is 15.0 Å². The minimum Gasteiger partial charge on any atom is -0.351 e. The number of para-hydroxylation sites is 1. The van der Waals surface area contributed by atoms with E-state index in [4.69, 9.17) is 10.3 Å². The molecule has 2 aliphatic rings. The normalized spacial score (nSPS) is 24.4. The molecule has 0 radical (unpaired) electrons. The van der Waals surface area contributed by atoms with E-state index in [2.05, 4.69) is 29.0 Å². The number of anilines is 1. The van der Waals surface area contributed by atoms with E-state index in [-0.39, 0.29) is 6.04 Å². The molecule has 2 N–H and O–H groups in total. The van der Waals surface area contributed by atoms with E-state index in [0.29, 0.717) is 23.8 Å². The monoisotopic (exact) mass is 383 g/mol. The molecule has 7 heteroatoms. The molecule has 3 atom stereocenters. The fourth-order valence-electron chi connectivity index (χ4n) is 4.75. The molecule has 2 saturated heterocycles. The zero-order valence-corrected chi connectivity index (χ0v) is 16.7. The van der Waals surface area contributed by atoms with E-state index in [9.17, 15) is 4.79 Å². The van der Waals surface area contributed by atoms with Gasteiger partial charge in [-0.3, -0.25) is 4.90 Å². The Kier molecular flexibility index (Phi) is 5.35. The van der Waals surface area contributed by atoms with Gasteiger partial charge in [0.05, 0.1) is 11.3 Å². The Morgan fingerprint density at radius 2 is 2.00 bits per heavy atom. The number of benzene rings is 1. The number of hydrogen-bond donors (Lipinski definition) is 1. The average Bonchev–Trinajstić information content (AvgIpc) is 3.21. The molecule has 28 heavy (non-hydrogen) atoms. The van der Waals surface area contributed by atoms with Gasteiger partial charge in [0, 0.05) is 24.5 Å². The van der Waals surface area contributed by atoms with Gasteiger partial charge in [0.15, 0.2) is 5.82 Å². The van der Waals surface area contributed by atoms with Crippen LogP contribution in [0.4, 0.5) is 10.5 Å². The highest BCUT2D eigenvalue weighted by atomic mass is 16.5. The fraction of sp³-hybridized carbons (Fsp3) is 0.571. The number of amides is 2. The Morgan fingerprint density at radius 1 is 1.29 bits per heavy atom. The summed E-state index contributed by atoms with van der Waals surface area (Å²) in [5.41, 5.74) is 7.40. The highest BCUT2D eigenvalue weighted by molar-refractivity contribution is 5.95. The number of urea groups is 1. The van der Waals surface area contributed by atoms with Gasteiger partial charge in [-0.2, -0.15) is 4.98 Å². The van der Waals surface area contributed by atoms with Crippen LogP contribution in [-0.4, -0.2) is 46.2 Å². The first-order valence-corrected chi connectivity index (χ1v) is 10.3. The Morgan fingerprint density at radius 3 is 2.68 bits per heavy atom. The maximum Gasteiger partial charge on any atom is 0.319 e. The van der Waals surface area contributed by atoms with Gasteiger partial charge in [-0.15, -0.1) is 0 Å². The number of carbonyl (C=O) groups is 1. The van der Waals surface area contributed by atoms with Crippen molar-refractivity contribution in [2.24, 2.45) is 5.73 Å². The van der Waals surface area contributed by atoms with E-state index < -0.39 is 6.03 Å². The summed E-state index contributed by atoms with van der Waals surface area (Å²) in [6, 6.07) is 8.40. The summed E-state index contributed by atoms with van der Waals surface area (Å²) in [7, 11) is 2.19. The topological polar surface area (TPSA) is 88.5 Å². The van der Waals surface area contributed by atoms with Crippen molar-refractivity contribution >= 4 is 11.7 Å². The molecule has 2 fully saturated rings. The van der Waals surface area contributed by atoms with Gasteiger partial charge in [-0.25, -0.2) is 4.79 Å². The molecule has 2 aromatic rings. The number of unbranched alkanes of at least 4 members (excludes halogenated alkanes) is 1. The second-order valence-electron chi connectivity index (χ2n) is 8.02. The molecule has 3 heterocycles. The fourth-order valence-corrected chi connectivity index (χ4v) is 4.75. The van der Waals surface area contributed by atoms with Crippen molar-refractivity contribution in [2.75, 3.05) is 11.9 Å². The van der Waals surface area contributed by atoms with Gasteiger partial charge in [0.25, 0.3) is 5.89 Å². The number of rotatable bonds is 6.